The fourth-order valence-electron chi connectivity index (χ4n) is 4.53. The highest BCUT2D eigenvalue weighted by Gasteiger charge is 2.33. The average molecular weight is 417 g/mol. The highest BCUT2D eigenvalue weighted by Crippen LogP contribution is 2.39. The van der Waals surface area contributed by atoms with E-state index in [9.17, 15) is 0 Å². The molecule has 1 atom stereocenters. The predicted octanol–water partition coefficient (Wildman–Crippen LogP) is 8.24. The Hall–Kier alpha value is -2.22. The van der Waals surface area contributed by atoms with Gasteiger partial charge in [-0.15, -0.1) is 0 Å². The summed E-state index contributed by atoms with van der Waals surface area (Å²) in [6, 6.07) is 10.7. The zero-order valence-electron chi connectivity index (χ0n) is 19.7. The minimum atomic E-state index is -0.0634. The molecule has 1 aliphatic carbocycles. The number of unbranched alkanes of at least 4 members (excludes halogenated alkanes) is 7. The monoisotopic (exact) mass is 416 g/mol. The molecule has 1 aromatic carbocycles. The van der Waals surface area contributed by atoms with Gasteiger partial charge in [-0.2, -0.15) is 0 Å². The third-order valence-electron chi connectivity index (χ3n) is 6.57. The van der Waals surface area contributed by atoms with Crippen LogP contribution in [0.5, 0.6) is 0 Å². The molecule has 1 heterocycles. The first kappa shape index (κ1) is 23.4. The Labute approximate surface area is 189 Å². The van der Waals surface area contributed by atoms with E-state index < -0.39 is 0 Å². The van der Waals surface area contributed by atoms with E-state index in [0.29, 0.717) is 0 Å². The quantitative estimate of drug-likeness (QED) is 0.307. The van der Waals surface area contributed by atoms with E-state index in [2.05, 4.69) is 74.8 Å². The lowest BCUT2D eigenvalue weighted by atomic mass is 9.74. The van der Waals surface area contributed by atoms with Crippen molar-refractivity contribution in [2.75, 3.05) is 0 Å². The van der Waals surface area contributed by atoms with Crippen LogP contribution < -0.4 is 0 Å². The van der Waals surface area contributed by atoms with Gasteiger partial charge in [0.05, 0.1) is 5.41 Å². The third kappa shape index (κ3) is 6.89. The van der Waals surface area contributed by atoms with E-state index >= 15 is 0 Å². The van der Waals surface area contributed by atoms with Crippen molar-refractivity contribution in [1.29, 1.82) is 0 Å². The van der Waals surface area contributed by atoms with Gasteiger partial charge in [0.25, 0.3) is 0 Å². The van der Waals surface area contributed by atoms with Crippen LogP contribution in [0.2, 0.25) is 0 Å². The van der Waals surface area contributed by atoms with E-state index in [0.717, 1.165) is 25.1 Å². The van der Waals surface area contributed by atoms with Gasteiger partial charge < -0.3 is 0 Å². The van der Waals surface area contributed by atoms with Crippen molar-refractivity contribution in [3.63, 3.8) is 0 Å². The molecule has 2 nitrogen and oxygen atoms in total. The van der Waals surface area contributed by atoms with Crippen LogP contribution in [0.25, 0.3) is 5.57 Å². The largest absolute Gasteiger partial charge is 0.240 e. The van der Waals surface area contributed by atoms with Crippen LogP contribution >= 0.6 is 0 Å². The van der Waals surface area contributed by atoms with Gasteiger partial charge in [-0.05, 0) is 42.4 Å². The number of nitrogens with zero attached hydrogens (tertiary/aromatic N) is 2. The molecule has 0 saturated heterocycles. The van der Waals surface area contributed by atoms with Crippen LogP contribution in [0, 0.1) is 0 Å². The van der Waals surface area contributed by atoms with E-state index in [-0.39, 0.29) is 5.41 Å². The van der Waals surface area contributed by atoms with Crippen LogP contribution in [0.4, 0.5) is 0 Å². The number of hydrogen-bond donors (Lipinski definition) is 0. The van der Waals surface area contributed by atoms with Gasteiger partial charge in [0.15, 0.2) is 0 Å². The van der Waals surface area contributed by atoms with Gasteiger partial charge in [-0.25, -0.2) is 9.97 Å². The van der Waals surface area contributed by atoms with Crippen molar-refractivity contribution in [3.05, 3.63) is 77.9 Å². The summed E-state index contributed by atoms with van der Waals surface area (Å²) in [4.78, 5) is 9.78. The van der Waals surface area contributed by atoms with Gasteiger partial charge in [0.1, 0.15) is 5.82 Å². The Balaban J connectivity index is 1.65. The summed E-state index contributed by atoms with van der Waals surface area (Å²) >= 11 is 0. The summed E-state index contributed by atoms with van der Waals surface area (Å²) in [6.07, 6.45) is 26.1. The van der Waals surface area contributed by atoms with Crippen molar-refractivity contribution < 1.29 is 0 Å². The van der Waals surface area contributed by atoms with Crippen LogP contribution in [0.3, 0.4) is 0 Å². The van der Waals surface area contributed by atoms with Gasteiger partial charge in [-0.1, -0.05) is 114 Å². The molecule has 0 N–H and O–H groups in total. The van der Waals surface area contributed by atoms with Gasteiger partial charge in [0, 0.05) is 12.4 Å². The molecular formula is C29H40N2. The highest BCUT2D eigenvalue weighted by atomic mass is 14.9. The Bertz CT molecular complexity index is 820. The standard InChI is InChI=1S/C29H40N2/c1-3-5-7-8-9-11-15-25-23-30-28(31-24-25)29(20-14-6-4-2)21-18-27(19-22-29)26-16-12-10-13-17-26/h10,12-13,16-19,21,23-24H,3-9,11,14-15,20,22H2,1-2H3. The van der Waals surface area contributed by atoms with Crippen molar-refractivity contribution in [2.24, 2.45) is 0 Å². The average Bonchev–Trinajstić information content (AvgIpc) is 2.83. The first-order valence-corrected chi connectivity index (χ1v) is 12.5. The molecule has 3 rings (SSSR count). The van der Waals surface area contributed by atoms with Crippen molar-refractivity contribution in [2.45, 2.75) is 96.3 Å². The number of allylic oxidation sites excluding steroid dienone is 4. The maximum atomic E-state index is 4.89. The molecule has 0 aliphatic heterocycles. The maximum Gasteiger partial charge on any atom is 0.138 e. The summed E-state index contributed by atoms with van der Waals surface area (Å²) in [5.41, 5.74) is 3.82. The second-order valence-electron chi connectivity index (χ2n) is 9.11. The molecule has 166 valence electrons. The SMILES string of the molecule is CCCCCCCCc1cnc(C2(CCCCC)C=CC(c3ccccc3)=CC2)nc1. The lowest BCUT2D eigenvalue weighted by Gasteiger charge is -2.31. The number of benzene rings is 1. The molecule has 1 aliphatic rings. The van der Waals surface area contributed by atoms with Crippen molar-refractivity contribution in [3.8, 4) is 0 Å². The third-order valence-corrected chi connectivity index (χ3v) is 6.57. The van der Waals surface area contributed by atoms with E-state index in [1.54, 1.807) is 0 Å². The minimum Gasteiger partial charge on any atom is -0.240 e. The molecule has 1 aromatic heterocycles. The first-order valence-electron chi connectivity index (χ1n) is 12.5. The van der Waals surface area contributed by atoms with E-state index in [1.165, 1.54) is 74.5 Å². The summed E-state index contributed by atoms with van der Waals surface area (Å²) in [6.45, 7) is 4.54. The maximum absolute atomic E-state index is 4.89. The molecule has 0 radical (unpaired) electrons. The molecule has 0 saturated carbocycles. The van der Waals surface area contributed by atoms with Crippen LogP contribution in [0.1, 0.15) is 101 Å². The Kier molecular flexibility index (Phi) is 9.52. The van der Waals surface area contributed by atoms with Crippen LogP contribution in [0.15, 0.2) is 61.0 Å². The predicted molar refractivity (Wildman–Crippen MR) is 133 cm³/mol. The second-order valence-corrected chi connectivity index (χ2v) is 9.11. The molecule has 31 heavy (non-hydrogen) atoms. The first-order chi connectivity index (χ1) is 15.3. The smallest absolute Gasteiger partial charge is 0.138 e. The zero-order chi connectivity index (χ0) is 21.8. The minimum absolute atomic E-state index is 0.0634. The molecule has 0 fully saturated rings. The molecule has 1 unspecified atom stereocenters. The fraction of sp³-hybridized carbons (Fsp3) is 0.517. The summed E-state index contributed by atoms with van der Waals surface area (Å²) in [7, 11) is 0. The molecule has 0 bridgehead atoms. The summed E-state index contributed by atoms with van der Waals surface area (Å²) in [5.74, 6) is 0.995. The van der Waals surface area contributed by atoms with Crippen molar-refractivity contribution >= 4 is 5.57 Å². The van der Waals surface area contributed by atoms with Gasteiger partial charge in [-0.3, -0.25) is 0 Å². The fourth-order valence-corrected chi connectivity index (χ4v) is 4.53. The van der Waals surface area contributed by atoms with Gasteiger partial charge in [0.2, 0.25) is 0 Å². The number of hydrogen-bond acceptors (Lipinski definition) is 2. The van der Waals surface area contributed by atoms with Gasteiger partial charge >= 0.3 is 0 Å². The zero-order valence-corrected chi connectivity index (χ0v) is 19.7. The second kappa shape index (κ2) is 12.6. The summed E-state index contributed by atoms with van der Waals surface area (Å²) < 4.78 is 0. The molecule has 2 heteroatoms. The molecule has 0 spiro atoms. The number of aryl methyl sites for hydroxylation is 1. The Morgan fingerprint density at radius 3 is 2.16 bits per heavy atom. The topological polar surface area (TPSA) is 25.8 Å². The number of rotatable bonds is 13. The lowest BCUT2D eigenvalue weighted by Crippen LogP contribution is -2.27. The van der Waals surface area contributed by atoms with Crippen molar-refractivity contribution in [1.82, 2.24) is 9.97 Å². The molecule has 0 amide bonds. The molecule has 2 aromatic rings. The Morgan fingerprint density at radius 1 is 0.806 bits per heavy atom. The normalized spacial score (nSPS) is 18.2. The van der Waals surface area contributed by atoms with E-state index in [4.69, 9.17) is 9.97 Å². The van der Waals surface area contributed by atoms with E-state index in [1.807, 2.05) is 0 Å². The molecular weight excluding hydrogens is 376 g/mol. The summed E-state index contributed by atoms with van der Waals surface area (Å²) in [5, 5.41) is 0. The highest BCUT2D eigenvalue weighted by molar-refractivity contribution is 5.75. The van der Waals surface area contributed by atoms with Crippen LogP contribution in [-0.4, -0.2) is 9.97 Å². The Morgan fingerprint density at radius 2 is 1.48 bits per heavy atom. The number of aromatic nitrogens is 2. The van der Waals surface area contributed by atoms with Crippen LogP contribution in [-0.2, 0) is 11.8 Å². The lowest BCUT2D eigenvalue weighted by molar-refractivity contribution is 0.437.